The van der Waals surface area contributed by atoms with Crippen LogP contribution in [0.4, 0.5) is 23.9 Å². The highest BCUT2D eigenvalue weighted by Gasteiger charge is 2.55. The van der Waals surface area contributed by atoms with Gasteiger partial charge >= 0.3 is 12.3 Å². The standard InChI is InChI=1S/C13H15F3N4O2/c14-13(15,16)8-1-4-17-10(18-8)20-5-2-12(3-6-20)7-9(12)19-11(21)22/h1,4,9,19H,2-3,5-7H2,(H,21,22). The summed E-state index contributed by atoms with van der Waals surface area (Å²) in [6.07, 6.45) is -2.18. The summed E-state index contributed by atoms with van der Waals surface area (Å²) in [5.74, 6) is 0.0769. The number of nitrogens with zero attached hydrogens (tertiary/aromatic N) is 3. The van der Waals surface area contributed by atoms with E-state index in [1.807, 2.05) is 0 Å². The van der Waals surface area contributed by atoms with Gasteiger partial charge in [-0.3, -0.25) is 0 Å². The van der Waals surface area contributed by atoms with E-state index in [1.54, 1.807) is 4.90 Å². The van der Waals surface area contributed by atoms with Crippen molar-refractivity contribution in [2.24, 2.45) is 5.41 Å². The van der Waals surface area contributed by atoms with E-state index in [4.69, 9.17) is 5.11 Å². The van der Waals surface area contributed by atoms with Gasteiger partial charge < -0.3 is 15.3 Å². The van der Waals surface area contributed by atoms with E-state index in [9.17, 15) is 18.0 Å². The van der Waals surface area contributed by atoms with Crippen LogP contribution in [0.2, 0.25) is 0 Å². The van der Waals surface area contributed by atoms with Crippen molar-refractivity contribution >= 4 is 12.0 Å². The molecule has 0 bridgehead atoms. The quantitative estimate of drug-likeness (QED) is 0.874. The van der Waals surface area contributed by atoms with Gasteiger partial charge in [0, 0.05) is 25.3 Å². The van der Waals surface area contributed by atoms with Crippen molar-refractivity contribution in [1.29, 1.82) is 0 Å². The van der Waals surface area contributed by atoms with Gasteiger partial charge in [-0.15, -0.1) is 0 Å². The number of carboxylic acid groups (broad SMARTS) is 1. The average molecular weight is 316 g/mol. The van der Waals surface area contributed by atoms with Crippen LogP contribution in [-0.2, 0) is 6.18 Å². The van der Waals surface area contributed by atoms with Gasteiger partial charge in [0.05, 0.1) is 0 Å². The molecule has 2 fully saturated rings. The van der Waals surface area contributed by atoms with E-state index in [2.05, 4.69) is 15.3 Å². The van der Waals surface area contributed by atoms with Gasteiger partial charge in [0.1, 0.15) is 5.69 Å². The molecule has 1 aliphatic carbocycles. The van der Waals surface area contributed by atoms with E-state index in [0.29, 0.717) is 13.1 Å². The van der Waals surface area contributed by atoms with Crippen molar-refractivity contribution in [3.63, 3.8) is 0 Å². The number of halogens is 3. The molecule has 120 valence electrons. The Kier molecular flexibility index (Phi) is 3.37. The first-order valence-electron chi connectivity index (χ1n) is 6.95. The molecular weight excluding hydrogens is 301 g/mol. The molecule has 22 heavy (non-hydrogen) atoms. The molecule has 0 aromatic carbocycles. The maximum atomic E-state index is 12.7. The molecule has 1 aromatic rings. The van der Waals surface area contributed by atoms with Crippen molar-refractivity contribution in [1.82, 2.24) is 15.3 Å². The number of hydrogen-bond acceptors (Lipinski definition) is 4. The zero-order valence-electron chi connectivity index (χ0n) is 11.6. The lowest BCUT2D eigenvalue weighted by Crippen LogP contribution is -2.39. The second kappa shape index (κ2) is 4.99. The van der Waals surface area contributed by atoms with Gasteiger partial charge in [0.2, 0.25) is 5.95 Å². The zero-order valence-corrected chi connectivity index (χ0v) is 11.6. The number of rotatable bonds is 2. The van der Waals surface area contributed by atoms with Crippen LogP contribution in [-0.4, -0.2) is 40.3 Å². The fraction of sp³-hybridized carbons (Fsp3) is 0.615. The summed E-state index contributed by atoms with van der Waals surface area (Å²) in [5.41, 5.74) is -0.995. The Balaban J connectivity index is 1.64. The summed E-state index contributed by atoms with van der Waals surface area (Å²) in [7, 11) is 0. The summed E-state index contributed by atoms with van der Waals surface area (Å²) >= 11 is 0. The highest BCUT2D eigenvalue weighted by Crippen LogP contribution is 2.54. The van der Waals surface area contributed by atoms with E-state index in [0.717, 1.165) is 31.5 Å². The van der Waals surface area contributed by atoms with Crippen LogP contribution in [0.5, 0.6) is 0 Å². The normalized spacial score (nSPS) is 23.4. The SMILES string of the molecule is O=C(O)NC1CC12CCN(c1nccc(C(F)(F)F)n1)CC2. The van der Waals surface area contributed by atoms with E-state index in [-0.39, 0.29) is 17.4 Å². The molecule has 1 saturated carbocycles. The number of carbonyl (C=O) groups is 1. The summed E-state index contributed by atoms with van der Waals surface area (Å²) in [6, 6.07) is 0.803. The number of nitrogens with one attached hydrogen (secondary N) is 1. The van der Waals surface area contributed by atoms with Crippen LogP contribution < -0.4 is 10.2 Å². The number of hydrogen-bond donors (Lipinski definition) is 2. The monoisotopic (exact) mass is 316 g/mol. The molecule has 1 aromatic heterocycles. The van der Waals surface area contributed by atoms with Crippen LogP contribution in [0.15, 0.2) is 12.3 Å². The van der Waals surface area contributed by atoms with Gasteiger partial charge in [-0.25, -0.2) is 14.8 Å². The third-order valence-electron chi connectivity index (χ3n) is 4.46. The molecule has 2 N–H and O–H groups in total. The molecule has 2 heterocycles. The molecule has 1 unspecified atom stereocenters. The Morgan fingerprint density at radius 3 is 2.68 bits per heavy atom. The smallest absolute Gasteiger partial charge is 0.433 e. The third kappa shape index (κ3) is 2.79. The van der Waals surface area contributed by atoms with Crippen molar-refractivity contribution in [2.75, 3.05) is 18.0 Å². The Bertz CT molecular complexity index is 585. The minimum atomic E-state index is -4.48. The fourth-order valence-corrected chi connectivity index (χ4v) is 3.06. The number of aromatic nitrogens is 2. The molecule has 1 aliphatic heterocycles. The minimum Gasteiger partial charge on any atom is -0.465 e. The second-order valence-corrected chi connectivity index (χ2v) is 5.80. The number of anilines is 1. The van der Waals surface area contributed by atoms with E-state index < -0.39 is 18.0 Å². The van der Waals surface area contributed by atoms with Crippen LogP contribution in [0.25, 0.3) is 0 Å². The third-order valence-corrected chi connectivity index (χ3v) is 4.46. The van der Waals surface area contributed by atoms with E-state index >= 15 is 0 Å². The van der Waals surface area contributed by atoms with Crippen molar-refractivity contribution in [2.45, 2.75) is 31.5 Å². The average Bonchev–Trinajstić information content (AvgIpc) is 3.09. The van der Waals surface area contributed by atoms with Gasteiger partial charge in [0.15, 0.2) is 0 Å². The maximum Gasteiger partial charge on any atom is 0.433 e. The van der Waals surface area contributed by atoms with Crippen LogP contribution in [0, 0.1) is 5.41 Å². The molecule has 3 rings (SSSR count). The molecule has 6 nitrogen and oxygen atoms in total. The van der Waals surface area contributed by atoms with Gasteiger partial charge in [0.25, 0.3) is 0 Å². The first-order valence-corrected chi connectivity index (χ1v) is 6.95. The molecule has 1 atom stereocenters. The summed E-state index contributed by atoms with van der Waals surface area (Å²) in [6.45, 7) is 1.05. The van der Waals surface area contributed by atoms with Crippen LogP contribution >= 0.6 is 0 Å². The highest BCUT2D eigenvalue weighted by molar-refractivity contribution is 5.65. The highest BCUT2D eigenvalue weighted by atomic mass is 19.4. The number of alkyl halides is 3. The summed E-state index contributed by atoms with van der Waals surface area (Å²) in [4.78, 5) is 19.9. The molecule has 1 spiro atoms. The van der Waals surface area contributed by atoms with Crippen LogP contribution in [0.3, 0.4) is 0 Å². The Morgan fingerprint density at radius 2 is 2.09 bits per heavy atom. The van der Waals surface area contributed by atoms with Crippen molar-refractivity contribution < 1.29 is 23.1 Å². The number of amides is 1. The first kappa shape index (κ1) is 14.9. The van der Waals surface area contributed by atoms with Gasteiger partial charge in [-0.1, -0.05) is 0 Å². The van der Waals surface area contributed by atoms with Gasteiger partial charge in [-0.05, 0) is 30.7 Å². The predicted octanol–water partition coefficient (Wildman–Crippen LogP) is 2.12. The molecule has 9 heteroatoms. The molecular formula is C13H15F3N4O2. The minimum absolute atomic E-state index is 0.0451. The van der Waals surface area contributed by atoms with Crippen LogP contribution in [0.1, 0.15) is 25.0 Å². The largest absolute Gasteiger partial charge is 0.465 e. The Morgan fingerprint density at radius 1 is 1.41 bits per heavy atom. The van der Waals surface area contributed by atoms with Gasteiger partial charge in [-0.2, -0.15) is 13.2 Å². The molecule has 1 saturated heterocycles. The lowest BCUT2D eigenvalue weighted by Gasteiger charge is -2.33. The lowest BCUT2D eigenvalue weighted by molar-refractivity contribution is -0.141. The second-order valence-electron chi connectivity index (χ2n) is 5.80. The van der Waals surface area contributed by atoms with E-state index in [1.165, 1.54) is 0 Å². The fourth-order valence-electron chi connectivity index (χ4n) is 3.06. The molecule has 0 radical (unpaired) electrons. The summed E-state index contributed by atoms with van der Waals surface area (Å²) in [5, 5.41) is 11.2. The zero-order chi connectivity index (χ0) is 16.0. The van der Waals surface area contributed by atoms with Crippen molar-refractivity contribution in [3.05, 3.63) is 18.0 Å². The summed E-state index contributed by atoms with van der Waals surface area (Å²) < 4.78 is 38.0. The Labute approximate surface area is 124 Å². The number of piperidine rings is 1. The molecule has 1 amide bonds. The maximum absolute atomic E-state index is 12.7. The lowest BCUT2D eigenvalue weighted by atomic mass is 9.93. The topological polar surface area (TPSA) is 78.4 Å². The Hall–Kier alpha value is -2.06. The first-order chi connectivity index (χ1) is 10.3. The van der Waals surface area contributed by atoms with Crippen molar-refractivity contribution in [3.8, 4) is 0 Å². The predicted molar refractivity (Wildman–Crippen MR) is 70.5 cm³/mol. The molecule has 2 aliphatic rings.